The summed E-state index contributed by atoms with van der Waals surface area (Å²) in [5.41, 5.74) is 6.16. The van der Waals surface area contributed by atoms with E-state index in [9.17, 15) is 0 Å². The standard InChI is InChI=1S/C6H5N3OS/c7-6-9-8-5(10-6)4-1-2-11-3-4/h1-3H,(H2,7,9). The predicted molar refractivity (Wildman–Crippen MR) is 42.0 cm³/mol. The van der Waals surface area contributed by atoms with Crippen LogP contribution in [-0.2, 0) is 0 Å². The number of nitrogens with zero attached hydrogens (tertiary/aromatic N) is 2. The maximum atomic E-state index is 5.25. The van der Waals surface area contributed by atoms with Crippen LogP contribution in [0.25, 0.3) is 11.5 Å². The molecule has 0 saturated carbocycles. The van der Waals surface area contributed by atoms with Gasteiger partial charge >= 0.3 is 6.01 Å². The van der Waals surface area contributed by atoms with Crippen molar-refractivity contribution in [3.05, 3.63) is 16.8 Å². The maximum absolute atomic E-state index is 5.25. The largest absolute Gasteiger partial charge is 0.404 e. The van der Waals surface area contributed by atoms with Gasteiger partial charge in [-0.15, -0.1) is 5.10 Å². The molecule has 0 saturated heterocycles. The number of hydrogen-bond acceptors (Lipinski definition) is 5. The van der Waals surface area contributed by atoms with Gasteiger partial charge in [0.05, 0.1) is 0 Å². The second-order valence-electron chi connectivity index (χ2n) is 1.96. The number of anilines is 1. The third-order valence-corrected chi connectivity index (χ3v) is 1.89. The number of aromatic nitrogens is 2. The van der Waals surface area contributed by atoms with Crippen molar-refractivity contribution in [2.24, 2.45) is 0 Å². The minimum atomic E-state index is 0.103. The minimum Gasteiger partial charge on any atom is -0.404 e. The Kier molecular flexibility index (Phi) is 1.36. The van der Waals surface area contributed by atoms with Crippen LogP contribution in [-0.4, -0.2) is 10.2 Å². The van der Waals surface area contributed by atoms with E-state index in [2.05, 4.69) is 10.2 Å². The van der Waals surface area contributed by atoms with Crippen LogP contribution < -0.4 is 5.73 Å². The molecule has 56 valence electrons. The van der Waals surface area contributed by atoms with Gasteiger partial charge in [0.2, 0.25) is 0 Å². The number of rotatable bonds is 1. The first-order valence-electron chi connectivity index (χ1n) is 2.98. The van der Waals surface area contributed by atoms with Crippen molar-refractivity contribution < 1.29 is 4.42 Å². The fraction of sp³-hybridized carbons (Fsp3) is 0. The molecular formula is C6H5N3OS. The first kappa shape index (κ1) is 6.36. The van der Waals surface area contributed by atoms with Crippen molar-refractivity contribution in [1.29, 1.82) is 0 Å². The Morgan fingerprint density at radius 2 is 2.36 bits per heavy atom. The molecule has 0 atom stereocenters. The van der Waals surface area contributed by atoms with E-state index in [-0.39, 0.29) is 6.01 Å². The monoisotopic (exact) mass is 167 g/mol. The summed E-state index contributed by atoms with van der Waals surface area (Å²) < 4.78 is 4.99. The lowest BCUT2D eigenvalue weighted by Crippen LogP contribution is -1.81. The highest BCUT2D eigenvalue weighted by Crippen LogP contribution is 2.20. The van der Waals surface area contributed by atoms with Gasteiger partial charge in [0.15, 0.2) is 0 Å². The summed E-state index contributed by atoms with van der Waals surface area (Å²) in [6, 6.07) is 2.00. The molecular weight excluding hydrogens is 162 g/mol. The molecule has 2 heterocycles. The Hall–Kier alpha value is -1.36. The minimum absolute atomic E-state index is 0.103. The Morgan fingerprint density at radius 3 is 2.91 bits per heavy atom. The van der Waals surface area contributed by atoms with Crippen molar-refractivity contribution >= 4 is 17.4 Å². The third-order valence-electron chi connectivity index (χ3n) is 1.21. The van der Waals surface area contributed by atoms with E-state index in [1.807, 2.05) is 16.8 Å². The van der Waals surface area contributed by atoms with E-state index in [4.69, 9.17) is 10.2 Å². The van der Waals surface area contributed by atoms with E-state index in [0.29, 0.717) is 5.89 Å². The second kappa shape index (κ2) is 2.35. The van der Waals surface area contributed by atoms with Crippen LogP contribution >= 0.6 is 11.3 Å². The van der Waals surface area contributed by atoms with Crippen molar-refractivity contribution in [3.8, 4) is 11.5 Å². The van der Waals surface area contributed by atoms with Crippen LogP contribution in [0.3, 0.4) is 0 Å². The van der Waals surface area contributed by atoms with Crippen molar-refractivity contribution in [2.75, 3.05) is 5.73 Å². The molecule has 2 N–H and O–H groups in total. The van der Waals surface area contributed by atoms with Gasteiger partial charge in [0, 0.05) is 10.9 Å². The first-order chi connectivity index (χ1) is 5.36. The topological polar surface area (TPSA) is 64.9 Å². The Bertz CT molecular complexity index is 340. The SMILES string of the molecule is Nc1nnc(-c2ccsc2)o1. The molecule has 0 radical (unpaired) electrons. The zero-order valence-corrected chi connectivity index (χ0v) is 6.34. The Balaban J connectivity index is 2.45. The zero-order chi connectivity index (χ0) is 7.68. The van der Waals surface area contributed by atoms with Gasteiger partial charge in [0.1, 0.15) is 0 Å². The van der Waals surface area contributed by atoms with Crippen molar-refractivity contribution in [3.63, 3.8) is 0 Å². The normalized spacial score (nSPS) is 10.2. The summed E-state index contributed by atoms with van der Waals surface area (Å²) in [5.74, 6) is 0.476. The Labute approximate surface area is 66.7 Å². The molecule has 0 bridgehead atoms. The predicted octanol–water partition coefficient (Wildman–Crippen LogP) is 1.38. The molecule has 2 aromatic rings. The Morgan fingerprint density at radius 1 is 1.45 bits per heavy atom. The van der Waals surface area contributed by atoms with Crippen LogP contribution in [0.5, 0.6) is 0 Å². The maximum Gasteiger partial charge on any atom is 0.313 e. The van der Waals surface area contributed by atoms with Crippen LogP contribution in [0, 0.1) is 0 Å². The fourth-order valence-electron chi connectivity index (χ4n) is 0.737. The van der Waals surface area contributed by atoms with Crippen LogP contribution in [0.1, 0.15) is 0 Å². The van der Waals surface area contributed by atoms with Crippen molar-refractivity contribution in [1.82, 2.24) is 10.2 Å². The highest BCUT2D eigenvalue weighted by molar-refractivity contribution is 7.08. The molecule has 0 aliphatic rings. The first-order valence-corrected chi connectivity index (χ1v) is 3.92. The summed E-state index contributed by atoms with van der Waals surface area (Å²) in [5, 5.41) is 11.1. The summed E-state index contributed by atoms with van der Waals surface area (Å²) in [6.45, 7) is 0. The molecule has 4 nitrogen and oxygen atoms in total. The molecule has 0 aromatic carbocycles. The van der Waals surface area contributed by atoms with E-state index in [0.717, 1.165) is 5.56 Å². The molecule has 0 amide bonds. The third kappa shape index (κ3) is 1.10. The molecule has 0 spiro atoms. The lowest BCUT2D eigenvalue weighted by molar-refractivity contribution is 0.590. The van der Waals surface area contributed by atoms with E-state index in [1.165, 1.54) is 0 Å². The van der Waals surface area contributed by atoms with Gasteiger partial charge in [-0.25, -0.2) is 0 Å². The summed E-state index contributed by atoms with van der Waals surface area (Å²) >= 11 is 1.58. The van der Waals surface area contributed by atoms with E-state index >= 15 is 0 Å². The molecule has 0 unspecified atom stereocenters. The molecule has 11 heavy (non-hydrogen) atoms. The van der Waals surface area contributed by atoms with Gasteiger partial charge in [0.25, 0.3) is 5.89 Å². The molecule has 5 heteroatoms. The number of thiophene rings is 1. The van der Waals surface area contributed by atoms with E-state index in [1.54, 1.807) is 11.3 Å². The highest BCUT2D eigenvalue weighted by Gasteiger charge is 2.04. The van der Waals surface area contributed by atoms with Gasteiger partial charge < -0.3 is 10.2 Å². The molecule has 0 aliphatic carbocycles. The highest BCUT2D eigenvalue weighted by atomic mass is 32.1. The summed E-state index contributed by atoms with van der Waals surface area (Å²) in [4.78, 5) is 0. The number of nitrogens with two attached hydrogens (primary N) is 1. The molecule has 0 aliphatic heterocycles. The summed E-state index contributed by atoms with van der Waals surface area (Å²) in [6.07, 6.45) is 0. The molecule has 2 aromatic heterocycles. The smallest absolute Gasteiger partial charge is 0.313 e. The lowest BCUT2D eigenvalue weighted by Gasteiger charge is -1.82. The molecule has 2 rings (SSSR count). The van der Waals surface area contributed by atoms with Crippen LogP contribution in [0.4, 0.5) is 6.01 Å². The number of nitrogen functional groups attached to an aromatic ring is 1. The average molecular weight is 167 g/mol. The van der Waals surface area contributed by atoms with E-state index < -0.39 is 0 Å². The van der Waals surface area contributed by atoms with Gasteiger partial charge in [-0.05, 0) is 11.4 Å². The van der Waals surface area contributed by atoms with Gasteiger partial charge in [-0.1, -0.05) is 5.10 Å². The van der Waals surface area contributed by atoms with Gasteiger partial charge in [-0.3, -0.25) is 0 Å². The second-order valence-corrected chi connectivity index (χ2v) is 2.74. The quantitative estimate of drug-likeness (QED) is 0.696. The molecule has 0 fully saturated rings. The summed E-state index contributed by atoms with van der Waals surface area (Å²) in [7, 11) is 0. The lowest BCUT2D eigenvalue weighted by atomic mass is 10.3. The van der Waals surface area contributed by atoms with Crippen LogP contribution in [0.15, 0.2) is 21.2 Å². The van der Waals surface area contributed by atoms with Crippen molar-refractivity contribution in [2.45, 2.75) is 0 Å². The average Bonchev–Trinajstić information content (AvgIpc) is 2.55. The van der Waals surface area contributed by atoms with Gasteiger partial charge in [-0.2, -0.15) is 11.3 Å². The zero-order valence-electron chi connectivity index (χ0n) is 5.52. The fourth-order valence-corrected chi connectivity index (χ4v) is 1.37. The van der Waals surface area contributed by atoms with Crippen LogP contribution in [0.2, 0.25) is 0 Å². The number of hydrogen-bond donors (Lipinski definition) is 1.